The number of rotatable bonds is 4. The number of benzene rings is 1. The molecule has 0 heterocycles. The summed E-state index contributed by atoms with van der Waals surface area (Å²) in [5.41, 5.74) is 13.5. The van der Waals surface area contributed by atoms with Gasteiger partial charge in [-0.2, -0.15) is 0 Å². The van der Waals surface area contributed by atoms with Crippen molar-refractivity contribution in [1.29, 1.82) is 0 Å². The normalized spacial score (nSPS) is 32.3. The van der Waals surface area contributed by atoms with E-state index in [0.717, 1.165) is 18.4 Å². The topological polar surface area (TPSA) is 81.1 Å². The minimum absolute atomic E-state index is 0.123. The lowest BCUT2D eigenvalue weighted by Gasteiger charge is -2.43. The van der Waals surface area contributed by atoms with Gasteiger partial charge in [-0.05, 0) is 43.1 Å². The predicted molar refractivity (Wildman–Crippen MR) is 87.9 cm³/mol. The van der Waals surface area contributed by atoms with Gasteiger partial charge in [-0.1, -0.05) is 36.8 Å². The van der Waals surface area contributed by atoms with E-state index in [9.17, 15) is 4.79 Å². The van der Waals surface area contributed by atoms with Crippen molar-refractivity contribution in [3.63, 3.8) is 0 Å². The first-order valence-electron chi connectivity index (χ1n) is 8.49. The van der Waals surface area contributed by atoms with Gasteiger partial charge in [0, 0.05) is 24.5 Å². The highest BCUT2D eigenvalue weighted by molar-refractivity contribution is 5.78. The molecule has 0 radical (unpaired) electrons. The van der Waals surface area contributed by atoms with Crippen LogP contribution < -0.4 is 16.8 Å². The van der Waals surface area contributed by atoms with Crippen LogP contribution in [0.25, 0.3) is 0 Å². The molecule has 0 spiro atoms. The maximum Gasteiger partial charge on any atom is 0.223 e. The summed E-state index contributed by atoms with van der Waals surface area (Å²) >= 11 is 0. The second kappa shape index (κ2) is 6.80. The molecule has 4 heteroatoms. The fourth-order valence-electron chi connectivity index (χ4n) is 4.18. The van der Waals surface area contributed by atoms with Crippen molar-refractivity contribution in [2.24, 2.45) is 29.2 Å². The third kappa shape index (κ3) is 3.33. The molecular weight excluding hydrogens is 274 g/mol. The zero-order chi connectivity index (χ0) is 15.5. The van der Waals surface area contributed by atoms with Gasteiger partial charge in [0.05, 0.1) is 0 Å². The molecule has 3 atom stereocenters. The van der Waals surface area contributed by atoms with Crippen molar-refractivity contribution in [3.8, 4) is 0 Å². The van der Waals surface area contributed by atoms with Crippen molar-refractivity contribution in [2.45, 2.75) is 44.2 Å². The Morgan fingerprint density at radius 3 is 2.45 bits per heavy atom. The smallest absolute Gasteiger partial charge is 0.223 e. The monoisotopic (exact) mass is 301 g/mol. The molecule has 1 amide bonds. The number of carbonyl (C=O) groups is 1. The van der Waals surface area contributed by atoms with E-state index in [-0.39, 0.29) is 17.9 Å². The van der Waals surface area contributed by atoms with Crippen LogP contribution in [0.3, 0.4) is 0 Å². The Bertz CT molecular complexity index is 490. The Hall–Kier alpha value is -1.39. The molecule has 1 aromatic rings. The molecule has 0 aliphatic heterocycles. The van der Waals surface area contributed by atoms with Crippen LogP contribution >= 0.6 is 0 Å². The maximum absolute atomic E-state index is 12.5. The molecule has 3 rings (SSSR count). The van der Waals surface area contributed by atoms with Gasteiger partial charge in [-0.3, -0.25) is 4.79 Å². The lowest BCUT2D eigenvalue weighted by atomic mass is 9.65. The summed E-state index contributed by atoms with van der Waals surface area (Å²) in [7, 11) is 0. The summed E-state index contributed by atoms with van der Waals surface area (Å²) in [6, 6.07) is 10.1. The van der Waals surface area contributed by atoms with Crippen LogP contribution in [0, 0.1) is 17.8 Å². The van der Waals surface area contributed by atoms with Crippen molar-refractivity contribution in [2.75, 3.05) is 6.54 Å². The third-order valence-corrected chi connectivity index (χ3v) is 5.51. The molecule has 1 aromatic carbocycles. The van der Waals surface area contributed by atoms with Gasteiger partial charge < -0.3 is 16.8 Å². The first kappa shape index (κ1) is 15.5. The number of hydrogen-bond donors (Lipinski definition) is 3. The predicted octanol–water partition coefficient (Wildman–Crippen LogP) is 1.96. The highest BCUT2D eigenvalue weighted by atomic mass is 16.1. The number of nitrogens with two attached hydrogens (primary N) is 2. The van der Waals surface area contributed by atoms with Crippen LogP contribution in [0.4, 0.5) is 0 Å². The molecule has 2 fully saturated rings. The zero-order valence-corrected chi connectivity index (χ0v) is 13.1. The number of nitrogens with one attached hydrogen (secondary N) is 1. The molecule has 2 aliphatic rings. The Balaban J connectivity index is 1.52. The van der Waals surface area contributed by atoms with Crippen molar-refractivity contribution in [3.05, 3.63) is 35.9 Å². The summed E-state index contributed by atoms with van der Waals surface area (Å²) < 4.78 is 0. The molecule has 3 unspecified atom stereocenters. The number of amides is 1. The van der Waals surface area contributed by atoms with E-state index in [4.69, 9.17) is 11.5 Å². The highest BCUT2D eigenvalue weighted by Gasteiger charge is 2.40. The van der Waals surface area contributed by atoms with Crippen LogP contribution in [-0.2, 0) is 4.79 Å². The van der Waals surface area contributed by atoms with Crippen LogP contribution in [0.5, 0.6) is 0 Å². The van der Waals surface area contributed by atoms with Crippen LogP contribution in [0.2, 0.25) is 0 Å². The fourth-order valence-corrected chi connectivity index (χ4v) is 4.18. The van der Waals surface area contributed by atoms with Crippen LogP contribution in [-0.4, -0.2) is 18.5 Å². The lowest BCUT2D eigenvalue weighted by Crippen LogP contribution is -2.49. The van der Waals surface area contributed by atoms with Crippen LogP contribution in [0.1, 0.15) is 43.7 Å². The van der Waals surface area contributed by atoms with Gasteiger partial charge in [0.2, 0.25) is 5.91 Å². The zero-order valence-electron chi connectivity index (χ0n) is 13.1. The number of fused-ring (bicyclic) bond motifs is 2. The van der Waals surface area contributed by atoms with E-state index in [1.54, 1.807) is 0 Å². The van der Waals surface area contributed by atoms with Crippen LogP contribution in [0.15, 0.2) is 30.3 Å². The molecule has 0 saturated heterocycles. The molecule has 4 nitrogen and oxygen atoms in total. The second-order valence-corrected chi connectivity index (χ2v) is 6.96. The summed E-state index contributed by atoms with van der Waals surface area (Å²) in [6.07, 6.45) is 5.54. The lowest BCUT2D eigenvalue weighted by molar-refractivity contribution is -0.127. The molecule has 5 N–H and O–H groups in total. The first-order valence-corrected chi connectivity index (χ1v) is 8.49. The largest absolute Gasteiger partial charge is 0.354 e. The Labute approximate surface area is 132 Å². The Morgan fingerprint density at radius 1 is 1.18 bits per heavy atom. The first-order chi connectivity index (χ1) is 10.6. The molecule has 2 saturated carbocycles. The summed E-state index contributed by atoms with van der Waals surface area (Å²) in [4.78, 5) is 12.5. The minimum atomic E-state index is -0.143. The molecular formula is C18H27N3O. The van der Waals surface area contributed by atoms with E-state index in [1.807, 2.05) is 30.3 Å². The molecule has 2 aliphatic carbocycles. The summed E-state index contributed by atoms with van der Waals surface area (Å²) in [6.45, 7) is 0.501. The number of hydrogen-bond acceptors (Lipinski definition) is 3. The Kier molecular flexibility index (Phi) is 4.79. The molecule has 2 bridgehead atoms. The van der Waals surface area contributed by atoms with E-state index in [2.05, 4.69) is 5.32 Å². The standard InChI is InChI=1S/C18H27N3O/c19-16(12-5-2-1-3-6-12)11-21-18(22)15-9-13-7-4-8-14(10-15)17(13)20/h1-3,5-6,13-17H,4,7-11,19-20H2,(H,21,22). The van der Waals surface area contributed by atoms with Gasteiger partial charge in [0.15, 0.2) is 0 Å². The van der Waals surface area contributed by atoms with Gasteiger partial charge in [-0.15, -0.1) is 0 Å². The van der Waals surface area contributed by atoms with Crippen molar-refractivity contribution in [1.82, 2.24) is 5.32 Å². The van der Waals surface area contributed by atoms with Crippen molar-refractivity contribution < 1.29 is 4.79 Å². The molecule has 120 valence electrons. The van der Waals surface area contributed by atoms with E-state index >= 15 is 0 Å². The fraction of sp³-hybridized carbons (Fsp3) is 0.611. The maximum atomic E-state index is 12.5. The minimum Gasteiger partial charge on any atom is -0.354 e. The third-order valence-electron chi connectivity index (χ3n) is 5.51. The van der Waals surface area contributed by atoms with Gasteiger partial charge in [0.1, 0.15) is 0 Å². The SMILES string of the molecule is NC(CNC(=O)C1CC2CCCC(C1)C2N)c1ccccc1. The number of carbonyl (C=O) groups excluding carboxylic acids is 1. The van der Waals surface area contributed by atoms with E-state index in [1.165, 1.54) is 19.3 Å². The summed E-state index contributed by atoms with van der Waals surface area (Å²) in [5, 5.41) is 3.05. The average molecular weight is 301 g/mol. The second-order valence-electron chi connectivity index (χ2n) is 6.96. The summed E-state index contributed by atoms with van der Waals surface area (Å²) in [5.74, 6) is 1.35. The van der Waals surface area contributed by atoms with E-state index in [0.29, 0.717) is 24.4 Å². The van der Waals surface area contributed by atoms with Gasteiger partial charge >= 0.3 is 0 Å². The quantitative estimate of drug-likeness (QED) is 0.795. The van der Waals surface area contributed by atoms with Gasteiger partial charge in [0.25, 0.3) is 0 Å². The van der Waals surface area contributed by atoms with Crippen molar-refractivity contribution >= 4 is 5.91 Å². The highest BCUT2D eigenvalue weighted by Crippen LogP contribution is 2.41. The van der Waals surface area contributed by atoms with E-state index < -0.39 is 0 Å². The average Bonchev–Trinajstić information content (AvgIpc) is 2.53. The molecule has 0 aromatic heterocycles. The molecule has 22 heavy (non-hydrogen) atoms. The Morgan fingerprint density at radius 2 is 1.82 bits per heavy atom. The van der Waals surface area contributed by atoms with Gasteiger partial charge in [-0.25, -0.2) is 0 Å².